The summed E-state index contributed by atoms with van der Waals surface area (Å²) in [6.07, 6.45) is -5.09. The van der Waals surface area contributed by atoms with Crippen LogP contribution in [0.1, 0.15) is 0 Å². The molecule has 3 atom stereocenters. The Morgan fingerprint density at radius 2 is 2.09 bits per heavy atom. The van der Waals surface area contributed by atoms with Gasteiger partial charge in [-0.05, 0) is 4.53 Å². The molecule has 5 nitrogen and oxygen atoms in total. The van der Waals surface area contributed by atoms with Crippen LogP contribution in [0.3, 0.4) is 0 Å². The van der Waals surface area contributed by atoms with Crippen LogP contribution in [0.2, 0.25) is 0 Å². The van der Waals surface area contributed by atoms with Gasteiger partial charge in [0.25, 0.3) is 0 Å². The summed E-state index contributed by atoms with van der Waals surface area (Å²) in [5.74, 6) is 0. The van der Waals surface area contributed by atoms with E-state index in [1.807, 2.05) is 0 Å². The van der Waals surface area contributed by atoms with E-state index in [4.69, 9.17) is 15.3 Å². The molecular formula is C5H9FO5. The normalized spacial score (nSPS) is 18.9. The van der Waals surface area contributed by atoms with Crippen molar-refractivity contribution < 1.29 is 29.6 Å². The van der Waals surface area contributed by atoms with Gasteiger partial charge in [-0.15, -0.1) is 0 Å². The number of aliphatic hydroxyl groups excluding tert-OH is 3. The fraction of sp³-hybridized carbons (Fsp3) is 0.800. The van der Waals surface area contributed by atoms with Gasteiger partial charge in [-0.25, -0.2) is 0 Å². The summed E-state index contributed by atoms with van der Waals surface area (Å²) < 4.78 is 11.3. The molecule has 0 amide bonds. The molecule has 0 saturated heterocycles. The number of carbonyl (C=O) groups excluding carboxylic acids is 1. The van der Waals surface area contributed by atoms with Crippen molar-refractivity contribution in [3.63, 3.8) is 0 Å². The first-order valence-electron chi connectivity index (χ1n) is 2.87. The molecule has 0 aliphatic rings. The molecule has 0 bridgehead atoms. The van der Waals surface area contributed by atoms with Crippen molar-refractivity contribution in [1.82, 2.24) is 0 Å². The van der Waals surface area contributed by atoms with E-state index in [0.717, 1.165) is 0 Å². The Bertz CT molecular complexity index is 119. The van der Waals surface area contributed by atoms with Crippen molar-refractivity contribution in [2.24, 2.45) is 0 Å². The summed E-state index contributed by atoms with van der Waals surface area (Å²) in [7, 11) is 0. The van der Waals surface area contributed by atoms with Gasteiger partial charge in [0.15, 0.2) is 12.4 Å². The first-order valence-corrected chi connectivity index (χ1v) is 2.87. The molecular weight excluding hydrogens is 159 g/mol. The molecule has 0 aromatic carbocycles. The lowest BCUT2D eigenvalue weighted by molar-refractivity contribution is -0.214. The van der Waals surface area contributed by atoms with Gasteiger partial charge in [0.2, 0.25) is 0 Å². The summed E-state index contributed by atoms with van der Waals surface area (Å²) in [5.41, 5.74) is 0. The molecule has 0 aromatic heterocycles. The van der Waals surface area contributed by atoms with Crippen molar-refractivity contribution in [1.29, 1.82) is 0 Å². The van der Waals surface area contributed by atoms with E-state index >= 15 is 0 Å². The van der Waals surface area contributed by atoms with Crippen LogP contribution in [-0.2, 0) is 9.74 Å². The minimum atomic E-state index is -1.75. The number of hydrogen-bond donors (Lipinski definition) is 3. The Kier molecular flexibility index (Phi) is 4.88. The largest absolute Gasteiger partial charge is 0.394 e. The van der Waals surface area contributed by atoms with Crippen molar-refractivity contribution in [3.05, 3.63) is 0 Å². The van der Waals surface area contributed by atoms with E-state index in [1.54, 1.807) is 0 Å². The van der Waals surface area contributed by atoms with E-state index in [0.29, 0.717) is 0 Å². The zero-order valence-electron chi connectivity index (χ0n) is 5.55. The van der Waals surface area contributed by atoms with Gasteiger partial charge in [0.05, 0.1) is 6.61 Å². The number of carbonyl (C=O) groups is 1. The molecule has 0 fully saturated rings. The molecule has 0 aliphatic carbocycles. The molecule has 0 spiro atoms. The molecule has 6 heteroatoms. The van der Waals surface area contributed by atoms with Gasteiger partial charge in [-0.2, -0.15) is 4.94 Å². The highest BCUT2D eigenvalue weighted by Gasteiger charge is 2.26. The summed E-state index contributed by atoms with van der Waals surface area (Å²) in [6, 6.07) is 0. The van der Waals surface area contributed by atoms with Crippen LogP contribution in [0, 0.1) is 0 Å². The van der Waals surface area contributed by atoms with E-state index in [2.05, 4.69) is 4.94 Å². The Balaban J connectivity index is 3.96. The monoisotopic (exact) mass is 168 g/mol. The van der Waals surface area contributed by atoms with Crippen molar-refractivity contribution in [2.45, 2.75) is 18.3 Å². The maximum Gasteiger partial charge on any atom is 0.182 e. The highest BCUT2D eigenvalue weighted by atomic mass is 19.3. The number of halogens is 1. The van der Waals surface area contributed by atoms with E-state index in [9.17, 15) is 9.32 Å². The van der Waals surface area contributed by atoms with Gasteiger partial charge >= 0.3 is 0 Å². The van der Waals surface area contributed by atoms with Crippen LogP contribution < -0.4 is 0 Å². The molecule has 0 aromatic rings. The average Bonchev–Trinajstić information content (AvgIpc) is 2.05. The summed E-state index contributed by atoms with van der Waals surface area (Å²) in [4.78, 5) is 12.9. The number of rotatable bonds is 5. The fourth-order valence-electron chi connectivity index (χ4n) is 0.481. The van der Waals surface area contributed by atoms with Crippen LogP contribution in [0.5, 0.6) is 0 Å². The third-order valence-corrected chi connectivity index (χ3v) is 1.15. The zero-order valence-corrected chi connectivity index (χ0v) is 5.55. The van der Waals surface area contributed by atoms with E-state index in [-0.39, 0.29) is 6.29 Å². The standard InChI is InChI=1S/C5H9FO5/c6-11-4(2-8)5(10)3(9)1-7/h2-5,7,9-10H,1H2/t3-,4-,5-/m1/s1. The first kappa shape index (κ1) is 10.4. The minimum Gasteiger partial charge on any atom is -0.394 e. The molecule has 0 heterocycles. The lowest BCUT2D eigenvalue weighted by Gasteiger charge is -2.17. The van der Waals surface area contributed by atoms with Crippen LogP contribution in [0.4, 0.5) is 4.53 Å². The van der Waals surface area contributed by atoms with Crippen molar-refractivity contribution in [2.75, 3.05) is 6.61 Å². The third-order valence-electron chi connectivity index (χ3n) is 1.15. The Hall–Kier alpha value is -0.560. The maximum atomic E-state index is 11.3. The quantitative estimate of drug-likeness (QED) is 0.420. The van der Waals surface area contributed by atoms with Crippen LogP contribution >= 0.6 is 0 Å². The predicted octanol–water partition coefficient (Wildman–Crippen LogP) is -1.83. The number of aldehydes is 1. The van der Waals surface area contributed by atoms with Gasteiger partial charge in [0, 0.05) is 0 Å². The highest BCUT2D eigenvalue weighted by Crippen LogP contribution is 2.02. The Morgan fingerprint density at radius 3 is 2.36 bits per heavy atom. The van der Waals surface area contributed by atoms with Gasteiger partial charge < -0.3 is 20.1 Å². The predicted molar refractivity (Wildman–Crippen MR) is 31.1 cm³/mol. The van der Waals surface area contributed by atoms with E-state index in [1.165, 1.54) is 0 Å². The smallest absolute Gasteiger partial charge is 0.182 e. The average molecular weight is 168 g/mol. The topological polar surface area (TPSA) is 87.0 Å². The SMILES string of the molecule is O=C[C@@H](OF)[C@H](O)[C@H](O)CO. The van der Waals surface area contributed by atoms with Crippen molar-refractivity contribution >= 4 is 6.29 Å². The third kappa shape index (κ3) is 2.89. The summed E-state index contributed by atoms with van der Waals surface area (Å²) in [5, 5.41) is 25.7. The lowest BCUT2D eigenvalue weighted by Crippen LogP contribution is -2.40. The van der Waals surface area contributed by atoms with Crippen LogP contribution in [0.25, 0.3) is 0 Å². The van der Waals surface area contributed by atoms with Crippen molar-refractivity contribution in [3.8, 4) is 0 Å². The molecule has 66 valence electrons. The molecule has 0 saturated carbocycles. The first-order chi connectivity index (χ1) is 5.17. The van der Waals surface area contributed by atoms with E-state index < -0.39 is 24.9 Å². The lowest BCUT2D eigenvalue weighted by atomic mass is 10.1. The second kappa shape index (κ2) is 5.14. The fourth-order valence-corrected chi connectivity index (χ4v) is 0.481. The van der Waals surface area contributed by atoms with Crippen LogP contribution in [0.15, 0.2) is 0 Å². The molecule has 11 heavy (non-hydrogen) atoms. The molecule has 0 radical (unpaired) electrons. The van der Waals surface area contributed by atoms with Gasteiger partial charge in [0.1, 0.15) is 12.2 Å². The van der Waals surface area contributed by atoms with Gasteiger partial charge in [-0.1, -0.05) is 0 Å². The van der Waals surface area contributed by atoms with Gasteiger partial charge in [-0.3, -0.25) is 0 Å². The maximum absolute atomic E-state index is 11.3. The Morgan fingerprint density at radius 1 is 1.55 bits per heavy atom. The zero-order chi connectivity index (χ0) is 8.85. The second-order valence-electron chi connectivity index (χ2n) is 1.93. The van der Waals surface area contributed by atoms with Crippen LogP contribution in [-0.4, -0.2) is 46.5 Å². The summed E-state index contributed by atoms with van der Waals surface area (Å²) >= 11 is 0. The highest BCUT2D eigenvalue weighted by molar-refractivity contribution is 5.57. The molecule has 0 unspecified atom stereocenters. The number of hydrogen-bond acceptors (Lipinski definition) is 5. The second-order valence-corrected chi connectivity index (χ2v) is 1.93. The molecule has 0 rings (SSSR count). The molecule has 0 aliphatic heterocycles. The number of aliphatic hydroxyl groups is 3. The minimum absolute atomic E-state index is 0.0104. The Labute approximate surface area is 61.9 Å². The summed E-state index contributed by atoms with van der Waals surface area (Å²) in [6.45, 7) is -0.769. The molecule has 3 N–H and O–H groups in total.